The highest BCUT2D eigenvalue weighted by Crippen LogP contribution is 2.45. The Morgan fingerprint density at radius 3 is 0.613 bits per heavy atom. The van der Waals surface area contributed by atoms with Gasteiger partial charge in [-0.2, -0.15) is 0 Å². The Labute approximate surface area is 683 Å². The van der Waals surface area contributed by atoms with Gasteiger partial charge in [-0.05, 0) is 37.5 Å². The number of carbonyl (C=O) groups is 4. The minimum Gasteiger partial charge on any atom is -0.462 e. The maximum Gasteiger partial charge on any atom is 0.472 e. The Kier molecular flexibility index (Phi) is 81.7. The molecule has 17 nitrogen and oxygen atoms in total. The summed E-state index contributed by atoms with van der Waals surface area (Å²) in [7, 11) is -9.94. The average Bonchev–Trinajstić information content (AvgIpc) is 0.900. The van der Waals surface area contributed by atoms with Crippen LogP contribution in [0.2, 0.25) is 0 Å². The van der Waals surface area contributed by atoms with E-state index in [9.17, 15) is 43.2 Å². The van der Waals surface area contributed by atoms with E-state index in [2.05, 4.69) is 41.5 Å². The van der Waals surface area contributed by atoms with Crippen LogP contribution in [0.15, 0.2) is 0 Å². The van der Waals surface area contributed by atoms with E-state index < -0.39 is 97.5 Å². The third-order valence-corrected chi connectivity index (χ3v) is 23.6. The lowest BCUT2D eigenvalue weighted by Gasteiger charge is -2.21. The highest BCUT2D eigenvalue weighted by molar-refractivity contribution is 7.47. The molecule has 0 aromatic rings. The van der Waals surface area contributed by atoms with Crippen LogP contribution in [-0.2, 0) is 65.4 Å². The van der Waals surface area contributed by atoms with Crippen LogP contribution in [-0.4, -0.2) is 96.7 Å². The van der Waals surface area contributed by atoms with E-state index in [0.717, 1.165) is 102 Å². The van der Waals surface area contributed by atoms with E-state index in [-0.39, 0.29) is 25.7 Å². The van der Waals surface area contributed by atoms with Crippen LogP contribution in [0.3, 0.4) is 0 Å². The summed E-state index contributed by atoms with van der Waals surface area (Å²) in [5.41, 5.74) is 0. The molecule has 0 heterocycles. The zero-order chi connectivity index (χ0) is 81.3. The minimum absolute atomic E-state index is 0.109. The topological polar surface area (TPSA) is 237 Å². The molecule has 0 aliphatic rings. The van der Waals surface area contributed by atoms with Gasteiger partial charge in [0.1, 0.15) is 19.3 Å². The Morgan fingerprint density at radius 1 is 0.243 bits per heavy atom. The first-order valence-corrected chi connectivity index (χ1v) is 50.5. The molecule has 0 aliphatic heterocycles. The summed E-state index contributed by atoms with van der Waals surface area (Å²) in [6, 6.07) is 0. The number of rotatable bonds is 91. The van der Waals surface area contributed by atoms with E-state index in [0.29, 0.717) is 25.7 Å². The van der Waals surface area contributed by atoms with E-state index in [1.165, 1.54) is 315 Å². The molecule has 5 atom stereocenters. The number of aliphatic hydroxyl groups excluding tert-OH is 1. The summed E-state index contributed by atoms with van der Waals surface area (Å²) < 4.78 is 69.1. The van der Waals surface area contributed by atoms with E-state index in [4.69, 9.17) is 37.0 Å². The SMILES string of the molecule is CCCCCCCCCCCCCCCCCCCCCCC(=O)O[C@H](COC(=O)CCCCCCCCCCCCCCCCCCC(C)C)COP(=O)(O)OC[C@@H](O)COP(=O)(O)OC[C@@H](COC(=O)CCCCCCCCCCCCCCC)OC(=O)CCCCCCCCCCCCCCCCCCC(C)C. The highest BCUT2D eigenvalue weighted by atomic mass is 31.2. The van der Waals surface area contributed by atoms with Gasteiger partial charge in [0.25, 0.3) is 0 Å². The second-order valence-corrected chi connectivity index (χ2v) is 36.9. The van der Waals surface area contributed by atoms with Gasteiger partial charge < -0.3 is 33.8 Å². The molecular formula is C92H180O17P2. The summed E-state index contributed by atoms with van der Waals surface area (Å²) in [4.78, 5) is 73.5. The van der Waals surface area contributed by atoms with Gasteiger partial charge in [-0.3, -0.25) is 37.3 Å². The normalized spacial score (nSPS) is 13.7. The van der Waals surface area contributed by atoms with Crippen molar-refractivity contribution in [3.8, 4) is 0 Å². The highest BCUT2D eigenvalue weighted by Gasteiger charge is 2.31. The molecule has 0 saturated carbocycles. The van der Waals surface area contributed by atoms with Crippen LogP contribution in [0.25, 0.3) is 0 Å². The number of esters is 4. The molecule has 0 spiro atoms. The Balaban J connectivity index is 5.26. The number of aliphatic hydroxyl groups is 1. The van der Waals surface area contributed by atoms with Crippen LogP contribution >= 0.6 is 15.6 Å². The summed E-state index contributed by atoms with van der Waals surface area (Å²) in [5.74, 6) is -0.470. The van der Waals surface area contributed by atoms with Gasteiger partial charge >= 0.3 is 39.5 Å². The van der Waals surface area contributed by atoms with Gasteiger partial charge in [0.15, 0.2) is 12.2 Å². The molecule has 0 rings (SSSR count). The molecule has 111 heavy (non-hydrogen) atoms. The van der Waals surface area contributed by atoms with Crippen molar-refractivity contribution in [2.45, 2.75) is 516 Å². The number of hydrogen-bond acceptors (Lipinski definition) is 15. The minimum atomic E-state index is -4.97. The monoisotopic (exact) mass is 1620 g/mol. The lowest BCUT2D eigenvalue weighted by Crippen LogP contribution is -2.30. The van der Waals surface area contributed by atoms with E-state index >= 15 is 0 Å². The Bertz CT molecular complexity index is 2120. The van der Waals surface area contributed by atoms with Crippen molar-refractivity contribution in [2.75, 3.05) is 39.6 Å². The van der Waals surface area contributed by atoms with Crippen molar-refractivity contribution in [1.29, 1.82) is 0 Å². The summed E-state index contributed by atoms with van der Waals surface area (Å²) in [5, 5.41) is 10.7. The summed E-state index contributed by atoms with van der Waals surface area (Å²) >= 11 is 0. The lowest BCUT2D eigenvalue weighted by molar-refractivity contribution is -0.161. The van der Waals surface area contributed by atoms with Crippen molar-refractivity contribution in [2.24, 2.45) is 11.8 Å². The number of phosphoric acid groups is 2. The van der Waals surface area contributed by atoms with Gasteiger partial charge in [0, 0.05) is 25.7 Å². The maximum atomic E-state index is 13.2. The second kappa shape index (κ2) is 83.1. The van der Waals surface area contributed by atoms with Gasteiger partial charge in [0.2, 0.25) is 0 Å². The number of carbonyl (C=O) groups excluding carboxylic acids is 4. The fraction of sp³-hybridized carbons (Fsp3) is 0.957. The van der Waals surface area contributed by atoms with E-state index in [1.54, 1.807) is 0 Å². The molecule has 0 saturated heterocycles. The standard InChI is InChI=1S/C92H180O17P2/c1-7-9-11-13-15-17-19-21-22-23-24-25-26-34-40-46-52-58-64-70-76-91(96)109-88(81-103-90(95)75-69-63-57-51-45-39-33-29-27-31-37-42-48-54-60-66-72-84(3)4)83-107-111(100,101)105-79-86(93)78-104-110(98,99)106-82-87(80-102-89(94)74-68-62-56-50-44-36-20-18-16-14-12-10-8-2)108-92(97)77-71-65-59-53-47-41-35-30-28-32-38-43-49-55-61-67-73-85(5)6/h84-88,93H,7-83H2,1-6H3,(H,98,99)(H,100,101)/t86-,87+,88+/m0/s1. The van der Waals surface area contributed by atoms with Crippen molar-refractivity contribution in [1.82, 2.24) is 0 Å². The smallest absolute Gasteiger partial charge is 0.462 e. The van der Waals surface area contributed by atoms with Crippen molar-refractivity contribution in [3.05, 3.63) is 0 Å². The predicted molar refractivity (Wildman–Crippen MR) is 460 cm³/mol. The third kappa shape index (κ3) is 85.8. The van der Waals surface area contributed by atoms with Crippen LogP contribution < -0.4 is 0 Å². The van der Waals surface area contributed by atoms with Crippen molar-refractivity contribution in [3.63, 3.8) is 0 Å². The molecule has 19 heteroatoms. The molecule has 0 aromatic carbocycles. The average molecular weight is 1620 g/mol. The molecule has 0 aliphatic carbocycles. The van der Waals surface area contributed by atoms with Crippen LogP contribution in [0, 0.1) is 11.8 Å². The second-order valence-electron chi connectivity index (χ2n) is 34.0. The molecule has 0 radical (unpaired) electrons. The predicted octanol–water partition coefficient (Wildman–Crippen LogP) is 28.6. The Hall–Kier alpha value is -1.94. The van der Waals surface area contributed by atoms with Gasteiger partial charge in [-0.25, -0.2) is 9.13 Å². The fourth-order valence-corrected chi connectivity index (χ4v) is 16.1. The van der Waals surface area contributed by atoms with E-state index in [1.807, 2.05) is 0 Å². The molecule has 660 valence electrons. The van der Waals surface area contributed by atoms with Gasteiger partial charge in [-0.15, -0.1) is 0 Å². The lowest BCUT2D eigenvalue weighted by atomic mass is 10.0. The maximum absolute atomic E-state index is 13.2. The molecule has 0 aromatic heterocycles. The van der Waals surface area contributed by atoms with Gasteiger partial charge in [0.05, 0.1) is 26.4 Å². The van der Waals surface area contributed by atoms with Crippen molar-refractivity contribution < 1.29 is 80.2 Å². The molecule has 3 N–H and O–H groups in total. The molecule has 2 unspecified atom stereocenters. The molecule has 0 bridgehead atoms. The van der Waals surface area contributed by atoms with Crippen LogP contribution in [0.4, 0.5) is 0 Å². The quantitative estimate of drug-likeness (QED) is 0.0222. The van der Waals surface area contributed by atoms with Gasteiger partial charge in [-0.1, -0.05) is 446 Å². The first kappa shape index (κ1) is 109. The summed E-state index contributed by atoms with van der Waals surface area (Å²) in [6.45, 7) is 9.78. The molecular weight excluding hydrogens is 1440 g/mol. The zero-order valence-electron chi connectivity index (χ0n) is 73.3. The Morgan fingerprint density at radius 2 is 0.414 bits per heavy atom. The van der Waals surface area contributed by atoms with Crippen molar-refractivity contribution >= 4 is 39.5 Å². The number of hydrogen-bond donors (Lipinski definition) is 3. The number of unbranched alkanes of at least 4 members (excludes halogenated alkanes) is 61. The first-order valence-electron chi connectivity index (χ1n) is 47.5. The largest absolute Gasteiger partial charge is 0.472 e. The molecule has 0 fully saturated rings. The first-order chi connectivity index (χ1) is 53.9. The number of ether oxygens (including phenoxy) is 4. The molecule has 0 amide bonds. The fourth-order valence-electron chi connectivity index (χ4n) is 14.5. The summed E-state index contributed by atoms with van der Waals surface area (Å²) in [6.07, 6.45) is 77.7. The van der Waals surface area contributed by atoms with Crippen LogP contribution in [0.1, 0.15) is 497 Å². The van der Waals surface area contributed by atoms with Crippen LogP contribution in [0.5, 0.6) is 0 Å². The third-order valence-electron chi connectivity index (χ3n) is 21.7. The number of phosphoric ester groups is 2. The zero-order valence-corrected chi connectivity index (χ0v) is 75.1.